The summed E-state index contributed by atoms with van der Waals surface area (Å²) in [6, 6.07) is 17.0. The Morgan fingerprint density at radius 1 is 1.11 bits per heavy atom. The standard InChI is InChI=1S/C31H33FN2O2/c1-4-26-21(3)36-31-17-22(9-8-12-27(26)31)16-25(35)19-34-30(23-10-6-5-7-11-23)18-29(33-34)24-13-14-28(32)20(2)15-24/h5-7,10-11,13-15,18,22H,4,8-9,12,16-17,19H2,1-3H3. The predicted molar refractivity (Wildman–Crippen MR) is 140 cm³/mol. The van der Waals surface area contributed by atoms with Gasteiger partial charge in [-0.15, -0.1) is 0 Å². The molecule has 4 aromatic rings. The van der Waals surface area contributed by atoms with Gasteiger partial charge in [0.2, 0.25) is 0 Å². The van der Waals surface area contributed by atoms with Crippen LogP contribution in [0.25, 0.3) is 22.5 Å². The Labute approximate surface area is 212 Å². The first-order valence-electron chi connectivity index (χ1n) is 12.9. The van der Waals surface area contributed by atoms with Gasteiger partial charge >= 0.3 is 0 Å². The average molecular weight is 485 g/mol. The van der Waals surface area contributed by atoms with Crippen molar-refractivity contribution in [2.24, 2.45) is 5.92 Å². The first-order chi connectivity index (χ1) is 17.4. The summed E-state index contributed by atoms with van der Waals surface area (Å²) in [5.74, 6) is 2.33. The molecule has 2 aromatic carbocycles. The van der Waals surface area contributed by atoms with Gasteiger partial charge in [0, 0.05) is 18.4 Å². The number of aryl methyl sites for hydroxylation is 2. The molecule has 0 spiro atoms. The van der Waals surface area contributed by atoms with Crippen LogP contribution < -0.4 is 0 Å². The fourth-order valence-electron chi connectivity index (χ4n) is 5.59. The van der Waals surface area contributed by atoms with Crippen molar-refractivity contribution in [3.05, 3.63) is 88.6 Å². The van der Waals surface area contributed by atoms with E-state index in [1.807, 2.05) is 36.4 Å². The van der Waals surface area contributed by atoms with Crippen LogP contribution >= 0.6 is 0 Å². The Hall–Kier alpha value is -3.47. The fourth-order valence-corrected chi connectivity index (χ4v) is 5.59. The molecular weight excluding hydrogens is 451 g/mol. The number of nitrogens with zero attached hydrogens (tertiary/aromatic N) is 2. The molecule has 0 N–H and O–H groups in total. The van der Waals surface area contributed by atoms with E-state index in [-0.39, 0.29) is 24.1 Å². The second-order valence-electron chi connectivity index (χ2n) is 10.00. The smallest absolute Gasteiger partial charge is 0.154 e. The van der Waals surface area contributed by atoms with E-state index >= 15 is 0 Å². The van der Waals surface area contributed by atoms with Crippen molar-refractivity contribution >= 4 is 5.78 Å². The van der Waals surface area contributed by atoms with Gasteiger partial charge in [0.1, 0.15) is 23.9 Å². The number of Topliss-reactive ketones (excluding diaryl/α,β-unsaturated/α-hetero) is 1. The summed E-state index contributed by atoms with van der Waals surface area (Å²) >= 11 is 0. The lowest BCUT2D eigenvalue weighted by Gasteiger charge is -2.14. The van der Waals surface area contributed by atoms with Crippen molar-refractivity contribution in [3.63, 3.8) is 0 Å². The van der Waals surface area contributed by atoms with Crippen LogP contribution in [0.5, 0.6) is 0 Å². The van der Waals surface area contributed by atoms with Crippen LogP contribution in [0, 0.1) is 25.6 Å². The molecule has 186 valence electrons. The Morgan fingerprint density at radius 3 is 2.67 bits per heavy atom. The van der Waals surface area contributed by atoms with Gasteiger partial charge in [-0.25, -0.2) is 4.39 Å². The van der Waals surface area contributed by atoms with E-state index in [4.69, 9.17) is 9.52 Å². The van der Waals surface area contributed by atoms with Gasteiger partial charge in [-0.3, -0.25) is 9.48 Å². The molecule has 2 aromatic heterocycles. The Bertz CT molecular complexity index is 1380. The minimum absolute atomic E-state index is 0.171. The highest BCUT2D eigenvalue weighted by atomic mass is 19.1. The normalized spacial score (nSPS) is 15.5. The minimum Gasteiger partial charge on any atom is -0.466 e. The van der Waals surface area contributed by atoms with Gasteiger partial charge < -0.3 is 4.42 Å². The van der Waals surface area contributed by atoms with Gasteiger partial charge in [-0.1, -0.05) is 37.3 Å². The first kappa shape index (κ1) is 24.2. The number of hydrogen-bond acceptors (Lipinski definition) is 3. The molecule has 4 nitrogen and oxygen atoms in total. The first-order valence-corrected chi connectivity index (χ1v) is 12.9. The maximum atomic E-state index is 13.8. The molecule has 0 fully saturated rings. The van der Waals surface area contributed by atoms with Crippen LogP contribution in [0.3, 0.4) is 0 Å². The zero-order chi connectivity index (χ0) is 25.2. The summed E-state index contributed by atoms with van der Waals surface area (Å²) in [4.78, 5) is 13.3. The van der Waals surface area contributed by atoms with Crippen molar-refractivity contribution in [1.29, 1.82) is 0 Å². The van der Waals surface area contributed by atoms with E-state index in [0.29, 0.717) is 12.0 Å². The van der Waals surface area contributed by atoms with E-state index in [9.17, 15) is 9.18 Å². The third kappa shape index (κ3) is 4.92. The highest BCUT2D eigenvalue weighted by Gasteiger charge is 2.25. The summed E-state index contributed by atoms with van der Waals surface area (Å²) in [5.41, 5.74) is 6.77. The van der Waals surface area contributed by atoms with E-state index in [1.165, 1.54) is 17.2 Å². The third-order valence-electron chi connectivity index (χ3n) is 7.41. The third-order valence-corrected chi connectivity index (χ3v) is 7.41. The van der Waals surface area contributed by atoms with E-state index in [1.54, 1.807) is 23.7 Å². The summed E-state index contributed by atoms with van der Waals surface area (Å²) in [6.07, 6.45) is 5.49. The Morgan fingerprint density at radius 2 is 1.92 bits per heavy atom. The minimum atomic E-state index is -0.235. The SMILES string of the molecule is CCc1c(C)oc2c1CCCC(CC(=O)Cn1nc(-c3ccc(F)c(C)c3)cc1-c1ccccc1)C2. The molecule has 0 saturated heterocycles. The fraction of sp³-hybridized carbons (Fsp3) is 0.355. The molecule has 36 heavy (non-hydrogen) atoms. The molecule has 0 amide bonds. The monoisotopic (exact) mass is 484 g/mol. The quantitative estimate of drug-likeness (QED) is 0.259. The molecular formula is C31H33FN2O2. The molecule has 0 bridgehead atoms. The van der Waals surface area contributed by atoms with Crippen molar-refractivity contribution in [1.82, 2.24) is 9.78 Å². The zero-order valence-electron chi connectivity index (χ0n) is 21.3. The van der Waals surface area contributed by atoms with Crippen molar-refractivity contribution in [3.8, 4) is 22.5 Å². The Kier molecular flexibility index (Phi) is 6.90. The van der Waals surface area contributed by atoms with E-state index < -0.39 is 0 Å². The van der Waals surface area contributed by atoms with Gasteiger partial charge in [-0.2, -0.15) is 5.10 Å². The largest absolute Gasteiger partial charge is 0.466 e. The number of benzene rings is 2. The zero-order valence-corrected chi connectivity index (χ0v) is 21.3. The highest BCUT2D eigenvalue weighted by Crippen LogP contribution is 2.33. The molecule has 0 aliphatic heterocycles. The van der Waals surface area contributed by atoms with Crippen LogP contribution in [0.4, 0.5) is 4.39 Å². The molecule has 2 heterocycles. The average Bonchev–Trinajstić information content (AvgIpc) is 3.34. The lowest BCUT2D eigenvalue weighted by molar-refractivity contribution is -0.120. The van der Waals surface area contributed by atoms with Crippen molar-refractivity contribution in [2.45, 2.75) is 65.8 Å². The lowest BCUT2D eigenvalue weighted by atomic mass is 9.94. The van der Waals surface area contributed by atoms with Gasteiger partial charge in [-0.05, 0) is 92.0 Å². The lowest BCUT2D eigenvalue weighted by Crippen LogP contribution is -2.17. The predicted octanol–water partition coefficient (Wildman–Crippen LogP) is 7.28. The number of halogens is 1. The summed E-state index contributed by atoms with van der Waals surface area (Å²) < 4.78 is 21.8. The maximum absolute atomic E-state index is 13.8. The topological polar surface area (TPSA) is 48.0 Å². The van der Waals surface area contributed by atoms with Crippen molar-refractivity contribution < 1.29 is 13.6 Å². The number of hydrogen-bond donors (Lipinski definition) is 0. The highest BCUT2D eigenvalue weighted by molar-refractivity contribution is 5.80. The molecule has 0 saturated carbocycles. The van der Waals surface area contributed by atoms with E-state index in [0.717, 1.165) is 66.1 Å². The van der Waals surface area contributed by atoms with Gasteiger partial charge in [0.25, 0.3) is 0 Å². The van der Waals surface area contributed by atoms with Crippen LogP contribution in [-0.2, 0) is 30.6 Å². The molecule has 1 unspecified atom stereocenters. The van der Waals surface area contributed by atoms with Gasteiger partial charge in [0.15, 0.2) is 5.78 Å². The Balaban J connectivity index is 1.38. The second kappa shape index (κ2) is 10.3. The number of carbonyl (C=O) groups excluding carboxylic acids is 1. The summed E-state index contributed by atoms with van der Waals surface area (Å²) in [7, 11) is 0. The van der Waals surface area contributed by atoms with Crippen molar-refractivity contribution in [2.75, 3.05) is 0 Å². The number of rotatable bonds is 7. The summed E-state index contributed by atoms with van der Waals surface area (Å²) in [5, 5.41) is 4.80. The molecule has 1 aliphatic carbocycles. The molecule has 1 aliphatic rings. The number of furan rings is 1. The second-order valence-corrected chi connectivity index (χ2v) is 10.00. The number of carbonyl (C=O) groups is 1. The molecule has 0 radical (unpaired) electrons. The number of fused-ring (bicyclic) bond motifs is 1. The van der Waals surface area contributed by atoms with Crippen LogP contribution in [0.2, 0.25) is 0 Å². The molecule has 5 heteroatoms. The number of ketones is 1. The maximum Gasteiger partial charge on any atom is 0.154 e. The number of aromatic nitrogens is 2. The van der Waals surface area contributed by atoms with E-state index in [2.05, 4.69) is 13.8 Å². The molecule has 1 atom stereocenters. The van der Waals surface area contributed by atoms with Crippen LogP contribution in [0.15, 0.2) is 59.0 Å². The van der Waals surface area contributed by atoms with Gasteiger partial charge in [0.05, 0.1) is 11.4 Å². The van der Waals surface area contributed by atoms with Crippen LogP contribution in [-0.4, -0.2) is 15.6 Å². The molecule has 5 rings (SSSR count). The van der Waals surface area contributed by atoms with Crippen LogP contribution in [0.1, 0.15) is 54.4 Å². The summed E-state index contributed by atoms with van der Waals surface area (Å²) in [6.45, 7) is 6.20.